The molecular weight excluding hydrogens is 526 g/mol. The minimum Gasteiger partial charge on any atom is -0.493 e. The minimum absolute atomic E-state index is 0.427. The normalized spacial score (nSPS) is 12.6. The maximum atomic E-state index is 12.5. The Labute approximate surface area is 240 Å². The summed E-state index contributed by atoms with van der Waals surface area (Å²) in [7, 11) is 0. The molecule has 7 heteroatoms. The van der Waals surface area contributed by atoms with Crippen LogP contribution in [0.2, 0.25) is 5.02 Å². The number of nitrogens with zero attached hydrogens (tertiary/aromatic N) is 1. The fourth-order valence-corrected chi connectivity index (χ4v) is 4.80. The molecule has 40 heavy (non-hydrogen) atoms. The second-order valence-corrected chi connectivity index (χ2v) is 10.4. The highest BCUT2D eigenvalue weighted by Crippen LogP contribution is 2.38. The Morgan fingerprint density at radius 1 is 0.975 bits per heavy atom. The van der Waals surface area contributed by atoms with E-state index in [1.165, 1.54) is 0 Å². The number of carboxylic acid groups (broad SMARTS) is 1. The zero-order valence-corrected chi connectivity index (χ0v) is 24.3. The van der Waals surface area contributed by atoms with Crippen molar-refractivity contribution in [3.63, 3.8) is 0 Å². The van der Waals surface area contributed by atoms with Crippen molar-refractivity contribution in [3.05, 3.63) is 99.9 Å². The van der Waals surface area contributed by atoms with Crippen LogP contribution in [0.15, 0.2) is 71.1 Å². The van der Waals surface area contributed by atoms with E-state index >= 15 is 0 Å². The van der Waals surface area contributed by atoms with E-state index in [-0.39, 0.29) is 0 Å². The number of rotatable bonds is 13. The van der Waals surface area contributed by atoms with E-state index in [0.717, 1.165) is 59.6 Å². The van der Waals surface area contributed by atoms with Gasteiger partial charge in [0.25, 0.3) is 0 Å². The SMILES string of the molecule is CCCc1cc(OCCc2nc(-c3ccccc3)oc2C)cc(CCC)c1OC(C)(C(=O)O)c1ccc(Cl)cc1. The largest absolute Gasteiger partial charge is 0.493 e. The number of aromatic nitrogens is 1. The average molecular weight is 562 g/mol. The molecule has 4 aromatic rings. The van der Waals surface area contributed by atoms with Crippen molar-refractivity contribution in [1.29, 1.82) is 0 Å². The zero-order valence-electron chi connectivity index (χ0n) is 23.5. The smallest absolute Gasteiger partial charge is 0.352 e. The van der Waals surface area contributed by atoms with Crippen LogP contribution < -0.4 is 9.47 Å². The minimum atomic E-state index is -1.58. The molecule has 6 nitrogen and oxygen atoms in total. The third kappa shape index (κ3) is 6.68. The summed E-state index contributed by atoms with van der Waals surface area (Å²) < 4.78 is 18.5. The summed E-state index contributed by atoms with van der Waals surface area (Å²) in [5.41, 5.74) is 2.59. The van der Waals surface area contributed by atoms with Gasteiger partial charge in [-0.05, 0) is 74.2 Å². The lowest BCUT2D eigenvalue weighted by molar-refractivity contribution is -0.154. The lowest BCUT2D eigenvalue weighted by Crippen LogP contribution is -2.39. The molecule has 0 aliphatic carbocycles. The number of aliphatic carboxylic acids is 1. The van der Waals surface area contributed by atoms with E-state index in [1.54, 1.807) is 31.2 Å². The number of halogens is 1. The molecule has 0 spiro atoms. The predicted molar refractivity (Wildman–Crippen MR) is 157 cm³/mol. The van der Waals surface area contributed by atoms with Crippen molar-refractivity contribution in [2.45, 2.75) is 65.4 Å². The fourth-order valence-electron chi connectivity index (χ4n) is 4.67. The standard InChI is InChI=1S/C33H36ClNO5/c1-5-10-24-20-28(38-19-18-29-22(3)39-31(35-29)23-12-8-7-9-13-23)21-25(11-6-2)30(24)40-33(4,32(36)37)26-14-16-27(34)17-15-26/h7-9,12-17,20-21H,5-6,10-11,18-19H2,1-4H3,(H,36,37). The Morgan fingerprint density at radius 3 is 2.17 bits per heavy atom. The van der Waals surface area contributed by atoms with Crippen LogP contribution in [0.4, 0.5) is 0 Å². The van der Waals surface area contributed by atoms with E-state index in [1.807, 2.05) is 49.4 Å². The van der Waals surface area contributed by atoms with E-state index in [2.05, 4.69) is 18.8 Å². The van der Waals surface area contributed by atoms with Crippen LogP contribution in [-0.2, 0) is 29.7 Å². The maximum Gasteiger partial charge on any atom is 0.352 e. The molecule has 1 atom stereocenters. The topological polar surface area (TPSA) is 81.8 Å². The van der Waals surface area contributed by atoms with Gasteiger partial charge in [-0.2, -0.15) is 0 Å². The molecule has 0 saturated carbocycles. The van der Waals surface area contributed by atoms with Crippen LogP contribution in [0.25, 0.3) is 11.5 Å². The quantitative estimate of drug-likeness (QED) is 0.177. The zero-order chi connectivity index (χ0) is 28.7. The molecule has 3 aromatic carbocycles. The van der Waals surface area contributed by atoms with Gasteiger partial charge in [-0.25, -0.2) is 9.78 Å². The summed E-state index contributed by atoms with van der Waals surface area (Å²) in [4.78, 5) is 17.2. The number of oxazole rings is 1. The van der Waals surface area contributed by atoms with Gasteiger partial charge < -0.3 is 19.0 Å². The van der Waals surface area contributed by atoms with Gasteiger partial charge in [0.2, 0.25) is 11.5 Å². The molecule has 1 unspecified atom stereocenters. The predicted octanol–water partition coefficient (Wildman–Crippen LogP) is 8.21. The van der Waals surface area contributed by atoms with Crippen molar-refractivity contribution >= 4 is 17.6 Å². The Balaban J connectivity index is 1.58. The van der Waals surface area contributed by atoms with E-state index < -0.39 is 11.6 Å². The Morgan fingerprint density at radius 2 is 1.60 bits per heavy atom. The monoisotopic (exact) mass is 561 g/mol. The number of benzene rings is 3. The number of carboxylic acids is 1. The lowest BCUT2D eigenvalue weighted by atomic mass is 9.94. The van der Waals surface area contributed by atoms with Crippen LogP contribution in [0.1, 0.15) is 61.8 Å². The molecule has 210 valence electrons. The summed E-state index contributed by atoms with van der Waals surface area (Å²) in [5, 5.41) is 10.8. The molecule has 0 amide bonds. The summed E-state index contributed by atoms with van der Waals surface area (Å²) >= 11 is 6.06. The molecule has 0 bridgehead atoms. The van der Waals surface area contributed by atoms with Gasteiger partial charge in [0.15, 0.2) is 0 Å². The molecular formula is C33H36ClNO5. The summed E-state index contributed by atoms with van der Waals surface area (Å²) in [5.74, 6) is 1.65. The molecule has 1 aromatic heterocycles. The summed E-state index contributed by atoms with van der Waals surface area (Å²) in [6, 6.07) is 20.5. The average Bonchev–Trinajstić information content (AvgIpc) is 3.31. The number of hydrogen-bond donors (Lipinski definition) is 1. The maximum absolute atomic E-state index is 12.5. The first-order chi connectivity index (χ1) is 19.2. The van der Waals surface area contributed by atoms with E-state index in [4.69, 9.17) is 25.5 Å². The first-order valence-electron chi connectivity index (χ1n) is 13.7. The highest BCUT2D eigenvalue weighted by molar-refractivity contribution is 6.30. The lowest BCUT2D eigenvalue weighted by Gasteiger charge is -2.30. The Hall–Kier alpha value is -3.77. The molecule has 0 fully saturated rings. The molecule has 0 radical (unpaired) electrons. The first kappa shape index (κ1) is 29.2. The Kier molecular flexibility index (Phi) is 9.54. The molecule has 1 heterocycles. The van der Waals surface area contributed by atoms with Crippen molar-refractivity contribution in [2.24, 2.45) is 0 Å². The molecule has 0 aliphatic rings. The molecule has 0 aliphatic heterocycles. The van der Waals surface area contributed by atoms with Crippen LogP contribution in [-0.4, -0.2) is 22.7 Å². The molecule has 0 saturated heterocycles. The second kappa shape index (κ2) is 13.1. The van der Waals surface area contributed by atoms with E-state index in [0.29, 0.717) is 35.3 Å². The van der Waals surface area contributed by atoms with Crippen molar-refractivity contribution in [1.82, 2.24) is 4.98 Å². The highest BCUT2D eigenvalue weighted by atomic mass is 35.5. The third-order valence-corrected chi connectivity index (χ3v) is 7.14. The summed E-state index contributed by atoms with van der Waals surface area (Å²) in [6.45, 7) is 8.10. The van der Waals surface area contributed by atoms with E-state index in [9.17, 15) is 9.90 Å². The van der Waals surface area contributed by atoms with Crippen LogP contribution >= 0.6 is 11.6 Å². The van der Waals surface area contributed by atoms with Crippen LogP contribution in [0, 0.1) is 6.92 Å². The van der Waals surface area contributed by atoms with Gasteiger partial charge in [-0.15, -0.1) is 0 Å². The fraction of sp³-hybridized carbons (Fsp3) is 0.333. The molecule has 1 N–H and O–H groups in total. The van der Waals surface area contributed by atoms with Crippen molar-refractivity contribution < 1.29 is 23.8 Å². The van der Waals surface area contributed by atoms with Crippen LogP contribution in [0.3, 0.4) is 0 Å². The van der Waals surface area contributed by atoms with Gasteiger partial charge >= 0.3 is 5.97 Å². The molecule has 4 rings (SSSR count). The number of ether oxygens (including phenoxy) is 2. The first-order valence-corrected chi connectivity index (χ1v) is 14.1. The van der Waals surface area contributed by atoms with Gasteiger partial charge in [0.1, 0.15) is 17.3 Å². The van der Waals surface area contributed by atoms with Crippen molar-refractivity contribution in [3.8, 4) is 23.0 Å². The third-order valence-electron chi connectivity index (χ3n) is 6.89. The number of hydrogen-bond acceptors (Lipinski definition) is 5. The van der Waals surface area contributed by atoms with Gasteiger partial charge in [-0.1, -0.05) is 68.6 Å². The van der Waals surface area contributed by atoms with Crippen LogP contribution in [0.5, 0.6) is 11.5 Å². The highest BCUT2D eigenvalue weighted by Gasteiger charge is 2.39. The van der Waals surface area contributed by atoms with Gasteiger partial charge in [0.05, 0.1) is 12.3 Å². The number of carbonyl (C=O) groups is 1. The summed E-state index contributed by atoms with van der Waals surface area (Å²) in [6.07, 6.45) is 3.79. The second-order valence-electron chi connectivity index (χ2n) is 10.0. The van der Waals surface area contributed by atoms with Gasteiger partial charge in [-0.3, -0.25) is 0 Å². The van der Waals surface area contributed by atoms with Gasteiger partial charge in [0, 0.05) is 22.6 Å². The van der Waals surface area contributed by atoms with Crippen molar-refractivity contribution in [2.75, 3.05) is 6.61 Å². The Bertz CT molecular complexity index is 1400. The number of aryl methyl sites for hydroxylation is 3.